The van der Waals surface area contributed by atoms with Gasteiger partial charge in [-0.3, -0.25) is 14.9 Å². The van der Waals surface area contributed by atoms with Crippen LogP contribution < -0.4 is 5.32 Å². The van der Waals surface area contributed by atoms with Gasteiger partial charge in [0, 0.05) is 12.6 Å². The fraction of sp³-hybridized carbons (Fsp3) is 0.533. The number of para-hydroxylation sites is 1. The maximum atomic E-state index is 11.0. The molecule has 1 aromatic rings. The second-order valence-electron chi connectivity index (χ2n) is 5.66. The molecule has 0 unspecified atom stereocenters. The molecule has 0 saturated heterocycles. The van der Waals surface area contributed by atoms with Crippen LogP contribution in [0.5, 0.6) is 0 Å². The molecular weight excluding hydrogens is 272 g/mol. The molecule has 2 N–H and O–H groups in total. The molecule has 1 saturated carbocycles. The molecule has 0 aromatic heterocycles. The molecular formula is C15H20N2O4. The average molecular weight is 292 g/mol. The van der Waals surface area contributed by atoms with E-state index >= 15 is 0 Å². The summed E-state index contributed by atoms with van der Waals surface area (Å²) in [5.41, 5.74) is 1.51. The Balaban J connectivity index is 1.95. The average Bonchev–Trinajstić information content (AvgIpc) is 2.46. The number of nitrogens with zero attached hydrogens (tertiary/aromatic N) is 1. The second kappa shape index (κ2) is 6.56. The highest BCUT2D eigenvalue weighted by molar-refractivity contribution is 5.70. The first-order chi connectivity index (χ1) is 9.99. The van der Waals surface area contributed by atoms with E-state index < -0.39 is 5.97 Å². The number of benzene rings is 1. The maximum absolute atomic E-state index is 11.0. The molecule has 6 nitrogen and oxygen atoms in total. The van der Waals surface area contributed by atoms with Crippen molar-refractivity contribution in [1.29, 1.82) is 0 Å². The smallest absolute Gasteiger partial charge is 0.306 e. The minimum absolute atomic E-state index is 0.0919. The summed E-state index contributed by atoms with van der Waals surface area (Å²) < 4.78 is 0. The molecule has 0 bridgehead atoms. The third kappa shape index (κ3) is 3.71. The Morgan fingerprint density at radius 2 is 2.05 bits per heavy atom. The molecule has 0 heterocycles. The van der Waals surface area contributed by atoms with Gasteiger partial charge in [0.15, 0.2) is 0 Å². The Morgan fingerprint density at radius 1 is 1.38 bits per heavy atom. The maximum Gasteiger partial charge on any atom is 0.306 e. The predicted octanol–water partition coefficient (Wildman–Crippen LogP) is 3.21. The zero-order valence-corrected chi connectivity index (χ0v) is 12.0. The standard InChI is InChI=1S/C15H20N2O4/c1-10-3-2-4-13(17(20)21)14(10)16-9-11-5-7-12(8-6-11)15(18)19/h2-4,11-12,16H,5-9H2,1H3,(H,18,19). The lowest BCUT2D eigenvalue weighted by Crippen LogP contribution is -2.25. The largest absolute Gasteiger partial charge is 0.481 e. The molecule has 21 heavy (non-hydrogen) atoms. The number of aliphatic carboxylic acids is 1. The normalized spacial score (nSPS) is 21.8. The molecule has 1 aromatic carbocycles. The minimum atomic E-state index is -0.712. The van der Waals surface area contributed by atoms with Crippen LogP contribution in [-0.2, 0) is 4.79 Å². The van der Waals surface area contributed by atoms with E-state index in [1.165, 1.54) is 6.07 Å². The Morgan fingerprint density at radius 3 is 2.62 bits per heavy atom. The van der Waals surface area contributed by atoms with Crippen molar-refractivity contribution >= 4 is 17.3 Å². The van der Waals surface area contributed by atoms with Crippen molar-refractivity contribution in [2.45, 2.75) is 32.6 Å². The topological polar surface area (TPSA) is 92.5 Å². The number of carboxylic acid groups (broad SMARTS) is 1. The van der Waals surface area contributed by atoms with Gasteiger partial charge in [0.2, 0.25) is 0 Å². The molecule has 0 spiro atoms. The van der Waals surface area contributed by atoms with Crippen LogP contribution in [0, 0.1) is 28.9 Å². The molecule has 1 aliphatic carbocycles. The molecule has 0 radical (unpaired) electrons. The highest BCUT2D eigenvalue weighted by Crippen LogP contribution is 2.31. The van der Waals surface area contributed by atoms with E-state index in [4.69, 9.17) is 5.11 Å². The Bertz CT molecular complexity index is 536. The van der Waals surface area contributed by atoms with E-state index in [0.717, 1.165) is 18.4 Å². The van der Waals surface area contributed by atoms with E-state index in [2.05, 4.69) is 5.32 Å². The minimum Gasteiger partial charge on any atom is -0.481 e. The van der Waals surface area contributed by atoms with Gasteiger partial charge in [0.05, 0.1) is 10.8 Å². The van der Waals surface area contributed by atoms with Gasteiger partial charge in [-0.2, -0.15) is 0 Å². The lowest BCUT2D eigenvalue weighted by Gasteiger charge is -2.26. The molecule has 1 aliphatic rings. The number of aryl methyl sites for hydroxylation is 1. The number of nitrogens with one attached hydrogen (secondary N) is 1. The monoisotopic (exact) mass is 292 g/mol. The summed E-state index contributed by atoms with van der Waals surface area (Å²) in [6.07, 6.45) is 3.09. The van der Waals surface area contributed by atoms with Crippen LogP contribution in [0.15, 0.2) is 18.2 Å². The third-order valence-corrected chi connectivity index (χ3v) is 4.21. The van der Waals surface area contributed by atoms with E-state index in [9.17, 15) is 14.9 Å². The van der Waals surface area contributed by atoms with Gasteiger partial charge in [0.1, 0.15) is 5.69 Å². The predicted molar refractivity (Wildman–Crippen MR) is 79.4 cm³/mol. The number of anilines is 1. The molecule has 0 amide bonds. The highest BCUT2D eigenvalue weighted by atomic mass is 16.6. The van der Waals surface area contributed by atoms with Crippen LogP contribution >= 0.6 is 0 Å². The van der Waals surface area contributed by atoms with Crippen LogP contribution in [0.3, 0.4) is 0 Å². The zero-order chi connectivity index (χ0) is 15.4. The summed E-state index contributed by atoms with van der Waals surface area (Å²) in [5, 5.41) is 23.2. The van der Waals surface area contributed by atoms with E-state index in [1.807, 2.05) is 13.0 Å². The lowest BCUT2D eigenvalue weighted by atomic mass is 9.82. The summed E-state index contributed by atoms with van der Waals surface area (Å²) in [6, 6.07) is 5.02. The molecule has 0 atom stereocenters. The number of rotatable bonds is 5. The summed E-state index contributed by atoms with van der Waals surface area (Å²) in [6.45, 7) is 2.49. The number of hydrogen-bond donors (Lipinski definition) is 2. The lowest BCUT2D eigenvalue weighted by molar-refractivity contribution is -0.384. The third-order valence-electron chi connectivity index (χ3n) is 4.21. The Kier molecular flexibility index (Phi) is 4.77. The van der Waals surface area contributed by atoms with Gasteiger partial charge >= 0.3 is 5.97 Å². The van der Waals surface area contributed by atoms with Crippen molar-refractivity contribution < 1.29 is 14.8 Å². The van der Waals surface area contributed by atoms with Crippen LogP contribution in [0.25, 0.3) is 0 Å². The van der Waals surface area contributed by atoms with Gasteiger partial charge in [-0.1, -0.05) is 12.1 Å². The van der Waals surface area contributed by atoms with Crippen molar-refractivity contribution in [2.75, 3.05) is 11.9 Å². The second-order valence-corrected chi connectivity index (χ2v) is 5.66. The fourth-order valence-corrected chi connectivity index (χ4v) is 2.89. The SMILES string of the molecule is Cc1cccc([N+](=O)[O-])c1NCC1CCC(C(=O)O)CC1. The first-order valence-corrected chi connectivity index (χ1v) is 7.19. The van der Waals surface area contributed by atoms with Gasteiger partial charge in [0.25, 0.3) is 5.69 Å². The first kappa shape index (κ1) is 15.3. The fourth-order valence-electron chi connectivity index (χ4n) is 2.89. The Labute approximate surface area is 123 Å². The van der Waals surface area contributed by atoms with Crippen molar-refractivity contribution in [3.8, 4) is 0 Å². The molecule has 114 valence electrons. The van der Waals surface area contributed by atoms with E-state index in [1.54, 1.807) is 6.07 Å². The van der Waals surface area contributed by atoms with Crippen molar-refractivity contribution in [1.82, 2.24) is 0 Å². The van der Waals surface area contributed by atoms with Gasteiger partial charge in [-0.05, 0) is 44.1 Å². The number of carbonyl (C=O) groups is 1. The van der Waals surface area contributed by atoms with Crippen molar-refractivity contribution in [2.24, 2.45) is 11.8 Å². The van der Waals surface area contributed by atoms with Crippen molar-refractivity contribution in [3.63, 3.8) is 0 Å². The van der Waals surface area contributed by atoms with Crippen LogP contribution in [-0.4, -0.2) is 22.5 Å². The number of nitro groups is 1. The number of carboxylic acids is 1. The zero-order valence-electron chi connectivity index (χ0n) is 12.0. The van der Waals surface area contributed by atoms with E-state index in [0.29, 0.717) is 31.0 Å². The summed E-state index contributed by atoms with van der Waals surface area (Å²) >= 11 is 0. The summed E-state index contributed by atoms with van der Waals surface area (Å²) in [7, 11) is 0. The quantitative estimate of drug-likeness (QED) is 0.642. The van der Waals surface area contributed by atoms with Crippen LogP contribution in [0.2, 0.25) is 0 Å². The molecule has 1 fully saturated rings. The first-order valence-electron chi connectivity index (χ1n) is 7.19. The molecule has 2 rings (SSSR count). The number of nitro benzene ring substituents is 1. The number of hydrogen-bond acceptors (Lipinski definition) is 4. The van der Waals surface area contributed by atoms with E-state index in [-0.39, 0.29) is 16.5 Å². The van der Waals surface area contributed by atoms with Gasteiger partial charge in [-0.25, -0.2) is 0 Å². The van der Waals surface area contributed by atoms with Crippen molar-refractivity contribution in [3.05, 3.63) is 33.9 Å². The molecule has 6 heteroatoms. The van der Waals surface area contributed by atoms with Gasteiger partial charge in [-0.15, -0.1) is 0 Å². The van der Waals surface area contributed by atoms with Gasteiger partial charge < -0.3 is 10.4 Å². The highest BCUT2D eigenvalue weighted by Gasteiger charge is 2.26. The van der Waals surface area contributed by atoms with Crippen LogP contribution in [0.4, 0.5) is 11.4 Å². The summed E-state index contributed by atoms with van der Waals surface area (Å²) in [5.74, 6) is -0.565. The Hall–Kier alpha value is -2.11. The summed E-state index contributed by atoms with van der Waals surface area (Å²) in [4.78, 5) is 21.6. The van der Waals surface area contributed by atoms with Crippen LogP contribution in [0.1, 0.15) is 31.2 Å². The molecule has 0 aliphatic heterocycles.